The summed E-state index contributed by atoms with van der Waals surface area (Å²) in [6, 6.07) is 9.44. The summed E-state index contributed by atoms with van der Waals surface area (Å²) in [5, 5.41) is 2.53. The number of aromatic nitrogens is 2. The van der Waals surface area contributed by atoms with Crippen LogP contribution in [-0.2, 0) is 11.3 Å². The SMILES string of the molecule is CCOc1cccnc1C(=O)OCc1csc(-c2ccc(F)cc2)n1. The van der Waals surface area contributed by atoms with E-state index < -0.39 is 5.97 Å². The summed E-state index contributed by atoms with van der Waals surface area (Å²) < 4.78 is 23.6. The number of benzene rings is 1. The lowest BCUT2D eigenvalue weighted by Crippen LogP contribution is -2.10. The van der Waals surface area contributed by atoms with Crippen LogP contribution in [0.5, 0.6) is 5.75 Å². The van der Waals surface area contributed by atoms with Gasteiger partial charge in [-0.05, 0) is 43.3 Å². The maximum absolute atomic E-state index is 13.0. The van der Waals surface area contributed by atoms with Crippen LogP contribution in [-0.4, -0.2) is 22.5 Å². The molecule has 0 fully saturated rings. The predicted octanol–water partition coefficient (Wildman–Crippen LogP) is 4.10. The second-order valence-corrected chi connectivity index (χ2v) is 5.87. The zero-order valence-electron chi connectivity index (χ0n) is 13.4. The summed E-state index contributed by atoms with van der Waals surface area (Å²) in [5.74, 6) is -0.476. The first kappa shape index (κ1) is 17.0. The molecule has 5 nitrogen and oxygen atoms in total. The topological polar surface area (TPSA) is 61.3 Å². The summed E-state index contributed by atoms with van der Waals surface area (Å²) in [6.07, 6.45) is 1.51. The minimum atomic E-state index is -0.569. The van der Waals surface area contributed by atoms with Gasteiger partial charge < -0.3 is 9.47 Å². The van der Waals surface area contributed by atoms with Crippen LogP contribution < -0.4 is 4.74 Å². The van der Waals surface area contributed by atoms with Crippen LogP contribution in [0, 0.1) is 5.82 Å². The lowest BCUT2D eigenvalue weighted by Gasteiger charge is -2.08. The average Bonchev–Trinajstić information content (AvgIpc) is 3.10. The smallest absolute Gasteiger partial charge is 0.361 e. The normalized spacial score (nSPS) is 10.5. The first-order valence-electron chi connectivity index (χ1n) is 7.62. The van der Waals surface area contributed by atoms with E-state index in [1.165, 1.54) is 29.7 Å². The van der Waals surface area contributed by atoms with Crippen LogP contribution in [0.2, 0.25) is 0 Å². The summed E-state index contributed by atoms with van der Waals surface area (Å²) in [4.78, 5) is 20.6. The maximum Gasteiger partial charge on any atom is 0.361 e. The molecule has 2 aromatic heterocycles. The zero-order chi connectivity index (χ0) is 17.6. The molecule has 0 radical (unpaired) electrons. The van der Waals surface area contributed by atoms with Crippen molar-refractivity contribution in [2.45, 2.75) is 13.5 Å². The number of hydrogen-bond acceptors (Lipinski definition) is 6. The molecule has 0 bridgehead atoms. The van der Waals surface area contributed by atoms with Gasteiger partial charge in [-0.25, -0.2) is 19.2 Å². The molecule has 0 saturated carbocycles. The quantitative estimate of drug-likeness (QED) is 0.621. The Labute approximate surface area is 148 Å². The molecule has 0 unspecified atom stereocenters. The fraction of sp³-hybridized carbons (Fsp3) is 0.167. The maximum atomic E-state index is 13.0. The number of nitrogens with zero attached hydrogens (tertiary/aromatic N) is 2. The molecule has 0 aliphatic carbocycles. The van der Waals surface area contributed by atoms with Gasteiger partial charge >= 0.3 is 5.97 Å². The van der Waals surface area contributed by atoms with Gasteiger partial charge in [0, 0.05) is 17.1 Å². The van der Waals surface area contributed by atoms with Gasteiger partial charge in [-0.3, -0.25) is 0 Å². The highest BCUT2D eigenvalue weighted by Gasteiger charge is 2.16. The molecule has 128 valence electrons. The number of ether oxygens (including phenoxy) is 2. The highest BCUT2D eigenvalue weighted by Crippen LogP contribution is 2.24. The minimum absolute atomic E-state index is 0.0265. The molecule has 3 aromatic rings. The Balaban J connectivity index is 1.66. The number of hydrogen-bond donors (Lipinski definition) is 0. The number of carbonyl (C=O) groups excluding carboxylic acids is 1. The van der Waals surface area contributed by atoms with Gasteiger partial charge in [0.1, 0.15) is 17.4 Å². The molecule has 1 aromatic carbocycles. The zero-order valence-corrected chi connectivity index (χ0v) is 14.3. The summed E-state index contributed by atoms with van der Waals surface area (Å²) in [5.41, 5.74) is 1.57. The number of carbonyl (C=O) groups is 1. The van der Waals surface area contributed by atoms with E-state index >= 15 is 0 Å². The summed E-state index contributed by atoms with van der Waals surface area (Å²) >= 11 is 1.40. The van der Waals surface area contributed by atoms with Crippen LogP contribution in [0.15, 0.2) is 48.0 Å². The highest BCUT2D eigenvalue weighted by atomic mass is 32.1. The first-order valence-corrected chi connectivity index (χ1v) is 8.50. The lowest BCUT2D eigenvalue weighted by molar-refractivity contribution is 0.0456. The van der Waals surface area contributed by atoms with Gasteiger partial charge in [0.15, 0.2) is 11.4 Å². The van der Waals surface area contributed by atoms with Gasteiger partial charge in [0.25, 0.3) is 0 Å². The van der Waals surface area contributed by atoms with E-state index in [2.05, 4.69) is 9.97 Å². The fourth-order valence-corrected chi connectivity index (χ4v) is 2.93. The molecule has 0 aliphatic rings. The van der Waals surface area contributed by atoms with Crippen molar-refractivity contribution in [2.24, 2.45) is 0 Å². The van der Waals surface area contributed by atoms with Gasteiger partial charge in [-0.15, -0.1) is 11.3 Å². The van der Waals surface area contributed by atoms with E-state index in [0.29, 0.717) is 18.1 Å². The van der Waals surface area contributed by atoms with Crippen LogP contribution in [0.4, 0.5) is 4.39 Å². The van der Waals surface area contributed by atoms with Crippen molar-refractivity contribution in [2.75, 3.05) is 6.61 Å². The third kappa shape index (κ3) is 4.19. The summed E-state index contributed by atoms with van der Waals surface area (Å²) in [6.45, 7) is 2.28. The Kier molecular flexibility index (Phi) is 5.35. The first-order chi connectivity index (χ1) is 12.2. The van der Waals surface area contributed by atoms with E-state index in [0.717, 1.165) is 10.6 Å². The predicted molar refractivity (Wildman–Crippen MR) is 92.0 cm³/mol. The van der Waals surface area contributed by atoms with Crippen LogP contribution in [0.3, 0.4) is 0 Å². The van der Waals surface area contributed by atoms with E-state index in [-0.39, 0.29) is 18.1 Å². The minimum Gasteiger partial charge on any atom is -0.491 e. The molecule has 0 aliphatic heterocycles. The van der Waals surface area contributed by atoms with Crippen molar-refractivity contribution in [3.63, 3.8) is 0 Å². The standard InChI is InChI=1S/C18H15FN2O3S/c1-2-23-15-4-3-9-20-16(15)18(22)24-10-14-11-25-17(21-14)12-5-7-13(19)8-6-12/h3-9,11H,2,10H2,1H3. The van der Waals surface area contributed by atoms with Gasteiger partial charge in [-0.1, -0.05) is 0 Å². The molecule has 0 amide bonds. The van der Waals surface area contributed by atoms with E-state index in [1.54, 1.807) is 29.6 Å². The van der Waals surface area contributed by atoms with Crippen molar-refractivity contribution in [3.8, 4) is 16.3 Å². The molecule has 0 atom stereocenters. The molecule has 0 spiro atoms. The molecule has 25 heavy (non-hydrogen) atoms. The molecule has 2 heterocycles. The van der Waals surface area contributed by atoms with Crippen LogP contribution >= 0.6 is 11.3 Å². The Morgan fingerprint density at radius 1 is 1.24 bits per heavy atom. The Morgan fingerprint density at radius 3 is 2.80 bits per heavy atom. The lowest BCUT2D eigenvalue weighted by atomic mass is 10.2. The number of halogens is 1. The Hall–Kier alpha value is -2.80. The van der Waals surface area contributed by atoms with Gasteiger partial charge in [0.2, 0.25) is 0 Å². The van der Waals surface area contributed by atoms with Crippen LogP contribution in [0.25, 0.3) is 10.6 Å². The van der Waals surface area contributed by atoms with Gasteiger partial charge in [-0.2, -0.15) is 0 Å². The van der Waals surface area contributed by atoms with E-state index in [1.807, 2.05) is 6.92 Å². The third-order valence-corrected chi connectivity index (χ3v) is 4.20. The Morgan fingerprint density at radius 2 is 2.04 bits per heavy atom. The van der Waals surface area contributed by atoms with Crippen molar-refractivity contribution in [1.82, 2.24) is 9.97 Å². The average molecular weight is 358 g/mol. The molecule has 7 heteroatoms. The van der Waals surface area contributed by atoms with Crippen molar-refractivity contribution >= 4 is 17.3 Å². The van der Waals surface area contributed by atoms with Gasteiger partial charge in [0.05, 0.1) is 12.3 Å². The second-order valence-electron chi connectivity index (χ2n) is 5.01. The molecular formula is C18H15FN2O3S. The van der Waals surface area contributed by atoms with Crippen molar-refractivity contribution < 1.29 is 18.7 Å². The Bertz CT molecular complexity index is 865. The number of thiazole rings is 1. The molecule has 0 N–H and O–H groups in total. The number of esters is 1. The van der Waals surface area contributed by atoms with Crippen molar-refractivity contribution in [1.29, 1.82) is 0 Å². The monoisotopic (exact) mass is 358 g/mol. The molecular weight excluding hydrogens is 343 g/mol. The third-order valence-electron chi connectivity index (χ3n) is 3.26. The second kappa shape index (κ2) is 7.85. The fourth-order valence-electron chi connectivity index (χ4n) is 2.12. The number of pyridine rings is 1. The largest absolute Gasteiger partial charge is 0.491 e. The molecule has 3 rings (SSSR count). The summed E-state index contributed by atoms with van der Waals surface area (Å²) in [7, 11) is 0. The van der Waals surface area contributed by atoms with Crippen LogP contribution in [0.1, 0.15) is 23.1 Å². The van der Waals surface area contributed by atoms with E-state index in [9.17, 15) is 9.18 Å². The number of rotatable bonds is 6. The van der Waals surface area contributed by atoms with E-state index in [4.69, 9.17) is 9.47 Å². The van der Waals surface area contributed by atoms with Crippen molar-refractivity contribution in [3.05, 3.63) is 65.2 Å². The highest BCUT2D eigenvalue weighted by molar-refractivity contribution is 7.13. The molecule has 0 saturated heterocycles.